The van der Waals surface area contributed by atoms with Crippen molar-refractivity contribution in [3.05, 3.63) is 18.1 Å². The summed E-state index contributed by atoms with van der Waals surface area (Å²) < 4.78 is 0. The number of nitrogens with one attached hydrogen (secondary N) is 1. The van der Waals surface area contributed by atoms with Crippen LogP contribution in [0.15, 0.2) is 12.4 Å². The molecule has 1 aromatic heterocycles. The molecule has 0 aliphatic heterocycles. The Hall–Kier alpha value is -1.16. The summed E-state index contributed by atoms with van der Waals surface area (Å²) in [6, 6.07) is 1.95. The SMILES string of the molecule is Cc1cc(NCCCN(C)C)ncn1. The van der Waals surface area contributed by atoms with Gasteiger partial charge in [-0.05, 0) is 34.0 Å². The van der Waals surface area contributed by atoms with Crippen LogP contribution < -0.4 is 5.32 Å². The van der Waals surface area contributed by atoms with Crippen molar-refractivity contribution >= 4 is 5.82 Å². The van der Waals surface area contributed by atoms with Gasteiger partial charge in [0.05, 0.1) is 0 Å². The molecule has 0 saturated heterocycles. The van der Waals surface area contributed by atoms with E-state index in [0.717, 1.165) is 31.0 Å². The van der Waals surface area contributed by atoms with Crippen molar-refractivity contribution in [3.8, 4) is 0 Å². The van der Waals surface area contributed by atoms with Crippen molar-refractivity contribution in [1.29, 1.82) is 0 Å². The zero-order valence-corrected chi connectivity index (χ0v) is 9.12. The van der Waals surface area contributed by atoms with Crippen molar-refractivity contribution in [2.24, 2.45) is 0 Å². The second kappa shape index (κ2) is 5.54. The third-order valence-electron chi connectivity index (χ3n) is 1.89. The van der Waals surface area contributed by atoms with E-state index in [0.29, 0.717) is 0 Å². The first-order valence-electron chi connectivity index (χ1n) is 4.86. The Bertz CT molecular complexity index is 273. The number of nitrogens with zero attached hydrogens (tertiary/aromatic N) is 3. The average molecular weight is 194 g/mol. The number of hydrogen-bond donors (Lipinski definition) is 1. The Kier molecular flexibility index (Phi) is 4.32. The molecule has 14 heavy (non-hydrogen) atoms. The van der Waals surface area contributed by atoms with E-state index in [4.69, 9.17) is 0 Å². The number of hydrogen-bond acceptors (Lipinski definition) is 4. The van der Waals surface area contributed by atoms with Gasteiger partial charge < -0.3 is 10.2 Å². The van der Waals surface area contributed by atoms with Gasteiger partial charge in [0.15, 0.2) is 0 Å². The zero-order chi connectivity index (χ0) is 10.4. The van der Waals surface area contributed by atoms with Crippen molar-refractivity contribution in [2.45, 2.75) is 13.3 Å². The average Bonchev–Trinajstić information content (AvgIpc) is 2.12. The van der Waals surface area contributed by atoms with Crippen molar-refractivity contribution in [1.82, 2.24) is 14.9 Å². The lowest BCUT2D eigenvalue weighted by atomic mass is 10.4. The van der Waals surface area contributed by atoms with Gasteiger partial charge in [0.1, 0.15) is 12.1 Å². The summed E-state index contributed by atoms with van der Waals surface area (Å²) in [7, 11) is 4.16. The van der Waals surface area contributed by atoms with Gasteiger partial charge in [0.25, 0.3) is 0 Å². The fourth-order valence-corrected chi connectivity index (χ4v) is 1.16. The lowest BCUT2D eigenvalue weighted by Crippen LogP contribution is -2.16. The molecule has 4 nitrogen and oxygen atoms in total. The maximum Gasteiger partial charge on any atom is 0.129 e. The lowest BCUT2D eigenvalue weighted by Gasteiger charge is -2.10. The topological polar surface area (TPSA) is 41.0 Å². The van der Waals surface area contributed by atoms with Crippen LogP contribution in [-0.2, 0) is 0 Å². The van der Waals surface area contributed by atoms with Gasteiger partial charge in [0, 0.05) is 18.3 Å². The highest BCUT2D eigenvalue weighted by Gasteiger charge is 1.94. The Morgan fingerprint density at radius 2 is 2.14 bits per heavy atom. The molecule has 78 valence electrons. The van der Waals surface area contributed by atoms with Crippen molar-refractivity contribution < 1.29 is 0 Å². The van der Waals surface area contributed by atoms with Gasteiger partial charge in [-0.3, -0.25) is 0 Å². The van der Waals surface area contributed by atoms with Gasteiger partial charge in [0.2, 0.25) is 0 Å². The molecular weight excluding hydrogens is 176 g/mol. The summed E-state index contributed by atoms with van der Waals surface area (Å²) in [6.45, 7) is 4.01. The van der Waals surface area contributed by atoms with E-state index < -0.39 is 0 Å². The Balaban J connectivity index is 2.25. The molecule has 0 aliphatic rings. The summed E-state index contributed by atoms with van der Waals surface area (Å²) in [5.41, 5.74) is 0.995. The van der Waals surface area contributed by atoms with E-state index in [2.05, 4.69) is 34.3 Å². The van der Waals surface area contributed by atoms with Crippen LogP contribution in [0.4, 0.5) is 5.82 Å². The highest BCUT2D eigenvalue weighted by atomic mass is 15.1. The molecule has 0 unspecified atom stereocenters. The molecule has 4 heteroatoms. The molecule has 0 radical (unpaired) electrons. The zero-order valence-electron chi connectivity index (χ0n) is 9.12. The van der Waals surface area contributed by atoms with Crippen LogP contribution in [0.25, 0.3) is 0 Å². The molecule has 0 aliphatic carbocycles. The summed E-state index contributed by atoms with van der Waals surface area (Å²) in [4.78, 5) is 10.3. The minimum Gasteiger partial charge on any atom is -0.370 e. The molecule has 0 amide bonds. The molecule has 0 aromatic carbocycles. The largest absolute Gasteiger partial charge is 0.370 e. The summed E-state index contributed by atoms with van der Waals surface area (Å²) in [6.07, 6.45) is 2.71. The van der Waals surface area contributed by atoms with Crippen molar-refractivity contribution in [2.75, 3.05) is 32.5 Å². The highest BCUT2D eigenvalue weighted by molar-refractivity contribution is 5.33. The monoisotopic (exact) mass is 194 g/mol. The molecule has 1 rings (SSSR count). The minimum absolute atomic E-state index is 0.913. The molecule has 0 spiro atoms. The van der Waals surface area contributed by atoms with Crippen LogP contribution in [0.1, 0.15) is 12.1 Å². The van der Waals surface area contributed by atoms with E-state index in [1.807, 2.05) is 13.0 Å². The highest BCUT2D eigenvalue weighted by Crippen LogP contribution is 2.02. The van der Waals surface area contributed by atoms with Gasteiger partial charge in [-0.1, -0.05) is 0 Å². The fraction of sp³-hybridized carbons (Fsp3) is 0.600. The van der Waals surface area contributed by atoms with Crippen molar-refractivity contribution in [3.63, 3.8) is 0 Å². The summed E-state index contributed by atoms with van der Waals surface area (Å²) >= 11 is 0. The summed E-state index contributed by atoms with van der Waals surface area (Å²) in [5.74, 6) is 0.913. The van der Waals surface area contributed by atoms with Gasteiger partial charge >= 0.3 is 0 Å². The molecule has 1 N–H and O–H groups in total. The number of aromatic nitrogens is 2. The standard InChI is InChI=1S/C10H18N4/c1-9-7-10(13-8-12-9)11-5-4-6-14(2)3/h7-8H,4-6H2,1-3H3,(H,11,12,13). The molecule has 0 saturated carbocycles. The quantitative estimate of drug-likeness (QED) is 0.714. The maximum atomic E-state index is 4.12. The van der Waals surface area contributed by atoms with Crippen LogP contribution in [0, 0.1) is 6.92 Å². The van der Waals surface area contributed by atoms with E-state index in [1.54, 1.807) is 6.33 Å². The third-order valence-corrected chi connectivity index (χ3v) is 1.89. The Morgan fingerprint density at radius 3 is 2.79 bits per heavy atom. The normalized spacial score (nSPS) is 10.6. The van der Waals surface area contributed by atoms with Crippen LogP contribution in [0.2, 0.25) is 0 Å². The minimum atomic E-state index is 0.913. The molecule has 0 atom stereocenters. The molecule has 1 aromatic rings. The fourth-order valence-electron chi connectivity index (χ4n) is 1.16. The molecule has 0 bridgehead atoms. The summed E-state index contributed by atoms with van der Waals surface area (Å²) in [5, 5.41) is 3.26. The van der Waals surface area contributed by atoms with Gasteiger partial charge in [-0.15, -0.1) is 0 Å². The van der Waals surface area contributed by atoms with Crippen LogP contribution in [0.3, 0.4) is 0 Å². The lowest BCUT2D eigenvalue weighted by molar-refractivity contribution is 0.405. The predicted molar refractivity (Wildman–Crippen MR) is 58.4 cm³/mol. The predicted octanol–water partition coefficient (Wildman–Crippen LogP) is 1.15. The third kappa shape index (κ3) is 4.18. The first kappa shape index (κ1) is 10.9. The first-order chi connectivity index (χ1) is 6.68. The molecule has 0 fully saturated rings. The first-order valence-corrected chi connectivity index (χ1v) is 4.86. The van der Waals surface area contributed by atoms with Crippen LogP contribution in [-0.4, -0.2) is 42.1 Å². The Labute approximate surface area is 85.4 Å². The number of aryl methyl sites for hydroxylation is 1. The van der Waals surface area contributed by atoms with Gasteiger partial charge in [-0.2, -0.15) is 0 Å². The van der Waals surface area contributed by atoms with Crippen LogP contribution >= 0.6 is 0 Å². The number of rotatable bonds is 5. The van der Waals surface area contributed by atoms with E-state index in [-0.39, 0.29) is 0 Å². The van der Waals surface area contributed by atoms with E-state index in [1.165, 1.54) is 0 Å². The van der Waals surface area contributed by atoms with Crippen LogP contribution in [0.5, 0.6) is 0 Å². The van der Waals surface area contributed by atoms with E-state index >= 15 is 0 Å². The maximum absolute atomic E-state index is 4.12. The van der Waals surface area contributed by atoms with E-state index in [9.17, 15) is 0 Å². The molecular formula is C10H18N4. The second-order valence-electron chi connectivity index (χ2n) is 3.63. The Morgan fingerprint density at radius 1 is 1.36 bits per heavy atom. The van der Waals surface area contributed by atoms with Gasteiger partial charge in [-0.25, -0.2) is 9.97 Å². The number of anilines is 1. The smallest absolute Gasteiger partial charge is 0.129 e. The second-order valence-corrected chi connectivity index (χ2v) is 3.63. The molecule has 1 heterocycles.